The molecule has 0 aliphatic carbocycles. The second-order valence-electron chi connectivity index (χ2n) is 2.72. The number of aliphatic hydroxyl groups is 1. The molecule has 1 aromatic carbocycles. The molecule has 6 heteroatoms. The minimum absolute atomic E-state index is 0.0869. The SMILES string of the molecule is COc1c(CO)cc(F)cc1B(O)O. The Hall–Kier alpha value is -1.11. The molecule has 0 saturated heterocycles. The van der Waals surface area contributed by atoms with Gasteiger partial charge in [0.25, 0.3) is 0 Å². The number of hydrogen-bond donors (Lipinski definition) is 3. The molecule has 0 aliphatic heterocycles. The van der Waals surface area contributed by atoms with E-state index in [9.17, 15) is 4.39 Å². The number of ether oxygens (including phenoxy) is 1. The van der Waals surface area contributed by atoms with Crippen LogP contribution in [0.25, 0.3) is 0 Å². The first-order chi connectivity index (χ1) is 6.60. The summed E-state index contributed by atoms with van der Waals surface area (Å²) in [5, 5.41) is 26.7. The van der Waals surface area contributed by atoms with E-state index in [1.807, 2.05) is 0 Å². The van der Waals surface area contributed by atoms with Crippen molar-refractivity contribution in [2.45, 2.75) is 6.61 Å². The fourth-order valence-corrected chi connectivity index (χ4v) is 1.23. The van der Waals surface area contributed by atoms with E-state index in [0.29, 0.717) is 0 Å². The first kappa shape index (κ1) is 11.0. The first-order valence-electron chi connectivity index (χ1n) is 3.93. The third-order valence-electron chi connectivity index (χ3n) is 1.81. The normalized spacial score (nSPS) is 10.1. The molecular formula is C8H10BFO4. The molecule has 4 nitrogen and oxygen atoms in total. The van der Waals surface area contributed by atoms with Crippen molar-refractivity contribution < 1.29 is 24.3 Å². The Bertz CT molecular complexity index is 329. The Morgan fingerprint density at radius 1 is 1.43 bits per heavy atom. The molecule has 0 amide bonds. The summed E-state index contributed by atoms with van der Waals surface area (Å²) in [4.78, 5) is 0. The van der Waals surface area contributed by atoms with Gasteiger partial charge in [-0.25, -0.2) is 4.39 Å². The lowest BCUT2D eigenvalue weighted by Crippen LogP contribution is -2.32. The lowest BCUT2D eigenvalue weighted by Gasteiger charge is -2.11. The van der Waals surface area contributed by atoms with Crippen molar-refractivity contribution in [1.29, 1.82) is 0 Å². The van der Waals surface area contributed by atoms with Crippen LogP contribution in [0.1, 0.15) is 5.56 Å². The maximum atomic E-state index is 12.9. The molecule has 1 rings (SSSR count). The van der Waals surface area contributed by atoms with E-state index in [1.165, 1.54) is 7.11 Å². The molecule has 0 radical (unpaired) electrons. The summed E-state index contributed by atoms with van der Waals surface area (Å²) < 4.78 is 17.7. The van der Waals surface area contributed by atoms with Crippen molar-refractivity contribution in [3.63, 3.8) is 0 Å². The van der Waals surface area contributed by atoms with Crippen molar-refractivity contribution >= 4 is 12.6 Å². The van der Waals surface area contributed by atoms with Gasteiger partial charge in [-0.15, -0.1) is 0 Å². The number of benzene rings is 1. The predicted molar refractivity (Wildman–Crippen MR) is 48.7 cm³/mol. The zero-order valence-corrected chi connectivity index (χ0v) is 7.57. The summed E-state index contributed by atoms with van der Waals surface area (Å²) >= 11 is 0. The number of methoxy groups -OCH3 is 1. The maximum Gasteiger partial charge on any atom is 0.492 e. The third kappa shape index (κ3) is 2.04. The van der Waals surface area contributed by atoms with Crippen LogP contribution < -0.4 is 10.2 Å². The molecule has 0 bridgehead atoms. The van der Waals surface area contributed by atoms with E-state index in [2.05, 4.69) is 0 Å². The van der Waals surface area contributed by atoms with Gasteiger partial charge >= 0.3 is 7.12 Å². The van der Waals surface area contributed by atoms with Crippen LogP contribution in [0, 0.1) is 5.82 Å². The van der Waals surface area contributed by atoms with Crippen molar-refractivity contribution in [2.24, 2.45) is 0 Å². The molecule has 3 N–H and O–H groups in total. The molecule has 0 spiro atoms. The molecule has 14 heavy (non-hydrogen) atoms. The van der Waals surface area contributed by atoms with Gasteiger partial charge in [-0.1, -0.05) is 0 Å². The van der Waals surface area contributed by atoms with Crippen LogP contribution >= 0.6 is 0 Å². The van der Waals surface area contributed by atoms with Crippen molar-refractivity contribution in [2.75, 3.05) is 7.11 Å². The van der Waals surface area contributed by atoms with Crippen LogP contribution in [0.3, 0.4) is 0 Å². The molecule has 0 aliphatic rings. The molecule has 0 saturated carbocycles. The van der Waals surface area contributed by atoms with Gasteiger partial charge in [-0.3, -0.25) is 0 Å². The molecule has 0 unspecified atom stereocenters. The number of halogens is 1. The van der Waals surface area contributed by atoms with Gasteiger partial charge < -0.3 is 19.9 Å². The Labute approximate surface area is 80.7 Å². The molecule has 1 aromatic rings. The second kappa shape index (κ2) is 4.41. The van der Waals surface area contributed by atoms with Crippen molar-refractivity contribution in [1.82, 2.24) is 0 Å². The van der Waals surface area contributed by atoms with Crippen LogP contribution in [-0.4, -0.2) is 29.4 Å². The molecule has 0 fully saturated rings. The Balaban J connectivity index is 3.31. The predicted octanol–water partition coefficient (Wildman–Crippen LogP) is -0.994. The lowest BCUT2D eigenvalue weighted by atomic mass is 9.78. The topological polar surface area (TPSA) is 69.9 Å². The minimum Gasteiger partial charge on any atom is -0.497 e. The highest BCUT2D eigenvalue weighted by atomic mass is 19.1. The van der Waals surface area contributed by atoms with Gasteiger partial charge in [0, 0.05) is 11.0 Å². The summed E-state index contributed by atoms with van der Waals surface area (Å²) in [6, 6.07) is 2.02. The Morgan fingerprint density at radius 2 is 2.07 bits per heavy atom. The highest BCUT2D eigenvalue weighted by molar-refractivity contribution is 6.59. The van der Waals surface area contributed by atoms with E-state index >= 15 is 0 Å². The highest BCUT2D eigenvalue weighted by Crippen LogP contribution is 2.17. The fourth-order valence-electron chi connectivity index (χ4n) is 1.23. The van der Waals surface area contributed by atoms with E-state index < -0.39 is 19.5 Å². The maximum absolute atomic E-state index is 12.9. The Morgan fingerprint density at radius 3 is 2.50 bits per heavy atom. The van der Waals surface area contributed by atoms with Gasteiger partial charge in [0.05, 0.1) is 13.7 Å². The van der Waals surface area contributed by atoms with Crippen molar-refractivity contribution in [3.8, 4) is 5.75 Å². The van der Waals surface area contributed by atoms with Crippen LogP contribution in [0.15, 0.2) is 12.1 Å². The average molecular weight is 200 g/mol. The van der Waals surface area contributed by atoms with E-state index in [1.54, 1.807) is 0 Å². The summed E-state index contributed by atoms with van der Waals surface area (Å²) in [7, 11) is -0.524. The number of rotatable bonds is 3. The molecule has 0 atom stereocenters. The van der Waals surface area contributed by atoms with Crippen LogP contribution in [0.5, 0.6) is 5.75 Å². The highest BCUT2D eigenvalue weighted by Gasteiger charge is 2.20. The van der Waals surface area contributed by atoms with E-state index in [-0.39, 0.29) is 16.8 Å². The van der Waals surface area contributed by atoms with Gasteiger partial charge in [0.1, 0.15) is 11.6 Å². The first-order valence-corrected chi connectivity index (χ1v) is 3.93. The number of hydrogen-bond acceptors (Lipinski definition) is 4. The second-order valence-corrected chi connectivity index (χ2v) is 2.72. The fraction of sp³-hybridized carbons (Fsp3) is 0.250. The molecule has 0 heterocycles. The minimum atomic E-state index is -1.83. The summed E-state index contributed by atoms with van der Waals surface area (Å²) in [5.74, 6) is -0.568. The van der Waals surface area contributed by atoms with Gasteiger partial charge in [0.2, 0.25) is 0 Å². The molecular weight excluding hydrogens is 190 g/mol. The monoisotopic (exact) mass is 200 g/mol. The smallest absolute Gasteiger partial charge is 0.492 e. The van der Waals surface area contributed by atoms with Crippen LogP contribution in [-0.2, 0) is 6.61 Å². The lowest BCUT2D eigenvalue weighted by molar-refractivity contribution is 0.273. The summed E-state index contributed by atoms with van der Waals surface area (Å²) in [5.41, 5.74) is 0.0761. The van der Waals surface area contributed by atoms with E-state index in [0.717, 1.165) is 12.1 Å². The number of aliphatic hydroxyl groups excluding tert-OH is 1. The Kier molecular flexibility index (Phi) is 3.46. The summed E-state index contributed by atoms with van der Waals surface area (Å²) in [6.07, 6.45) is 0. The van der Waals surface area contributed by atoms with Gasteiger partial charge in [-0.2, -0.15) is 0 Å². The van der Waals surface area contributed by atoms with Crippen molar-refractivity contribution in [3.05, 3.63) is 23.5 Å². The quantitative estimate of drug-likeness (QED) is 0.547. The standard InChI is InChI=1S/C8H10BFO4/c1-14-8-5(4-11)2-6(10)3-7(8)9(12)13/h2-3,11-13H,4H2,1H3. The van der Waals surface area contributed by atoms with Gasteiger partial charge in [-0.05, 0) is 12.1 Å². The average Bonchev–Trinajstić information content (AvgIpc) is 2.16. The van der Waals surface area contributed by atoms with Crippen LogP contribution in [0.4, 0.5) is 4.39 Å². The molecule has 0 aromatic heterocycles. The molecule has 76 valence electrons. The summed E-state index contributed by atoms with van der Waals surface area (Å²) in [6.45, 7) is -0.430. The van der Waals surface area contributed by atoms with E-state index in [4.69, 9.17) is 19.9 Å². The van der Waals surface area contributed by atoms with Gasteiger partial charge in [0.15, 0.2) is 0 Å². The zero-order chi connectivity index (χ0) is 10.7. The van der Waals surface area contributed by atoms with Crippen LogP contribution in [0.2, 0.25) is 0 Å². The third-order valence-corrected chi connectivity index (χ3v) is 1.81. The largest absolute Gasteiger partial charge is 0.497 e. The zero-order valence-electron chi connectivity index (χ0n) is 7.57.